The van der Waals surface area contributed by atoms with E-state index in [0.29, 0.717) is 16.8 Å². The molecule has 0 radical (unpaired) electrons. The van der Waals surface area contributed by atoms with E-state index in [-0.39, 0.29) is 28.9 Å². The van der Waals surface area contributed by atoms with Gasteiger partial charge in [0, 0.05) is 23.5 Å². The smallest absolute Gasteiger partial charge is 0.257 e. The highest BCUT2D eigenvalue weighted by atomic mass is 19.1. The van der Waals surface area contributed by atoms with Crippen molar-refractivity contribution in [3.05, 3.63) is 76.7 Å². The van der Waals surface area contributed by atoms with Gasteiger partial charge in [-0.25, -0.2) is 9.37 Å². The number of nitrogens with two attached hydrogens (primary N) is 1. The second kappa shape index (κ2) is 9.79. The van der Waals surface area contributed by atoms with E-state index in [1.807, 2.05) is 20.8 Å². The van der Waals surface area contributed by atoms with Crippen molar-refractivity contribution >= 4 is 23.3 Å². The number of pyridine rings is 1. The Kier molecular flexibility index (Phi) is 7.08. The number of aliphatic hydroxyl groups excluding tert-OH is 1. The van der Waals surface area contributed by atoms with Crippen LogP contribution >= 0.6 is 0 Å². The number of aliphatic hydroxyl groups is 1. The lowest BCUT2D eigenvalue weighted by atomic mass is 9.99. The number of benzene rings is 2. The molecule has 0 unspecified atom stereocenters. The van der Waals surface area contributed by atoms with Gasteiger partial charge in [0.15, 0.2) is 6.10 Å². The third kappa shape index (κ3) is 5.72. The highest BCUT2D eigenvalue weighted by molar-refractivity contribution is 6.00. The number of aryl methyl sites for hydroxylation is 2. The summed E-state index contributed by atoms with van der Waals surface area (Å²) in [6.07, 6.45) is 0.0701. The van der Waals surface area contributed by atoms with E-state index in [2.05, 4.69) is 15.6 Å². The molecule has 8 heteroatoms. The molecule has 0 aliphatic rings. The lowest BCUT2D eigenvalue weighted by molar-refractivity contribution is -0.124. The molecule has 172 valence electrons. The van der Waals surface area contributed by atoms with Crippen LogP contribution in [-0.4, -0.2) is 27.9 Å². The summed E-state index contributed by atoms with van der Waals surface area (Å²) in [5.41, 5.74) is 9.74. The first-order chi connectivity index (χ1) is 15.5. The molecule has 1 heterocycles. The molecule has 3 rings (SSSR count). The Balaban J connectivity index is 1.81. The van der Waals surface area contributed by atoms with E-state index in [4.69, 9.17) is 5.73 Å². The second-order valence-corrected chi connectivity index (χ2v) is 8.27. The van der Waals surface area contributed by atoms with Gasteiger partial charge in [0.1, 0.15) is 11.6 Å². The first-order valence-electron chi connectivity index (χ1n) is 10.5. The minimum absolute atomic E-state index is 0.0446. The summed E-state index contributed by atoms with van der Waals surface area (Å²) in [7, 11) is 0. The van der Waals surface area contributed by atoms with Crippen LogP contribution in [0.15, 0.2) is 48.7 Å². The molecule has 0 fully saturated rings. The number of aromatic nitrogens is 1. The molecule has 0 aliphatic heterocycles. The number of carbonyl (C=O) groups is 2. The normalized spacial score (nSPS) is 11.8. The third-order valence-electron chi connectivity index (χ3n) is 5.02. The summed E-state index contributed by atoms with van der Waals surface area (Å²) in [4.78, 5) is 29.1. The van der Waals surface area contributed by atoms with Gasteiger partial charge in [0.25, 0.3) is 11.8 Å². The van der Waals surface area contributed by atoms with E-state index in [9.17, 15) is 19.1 Å². The Labute approximate surface area is 191 Å². The van der Waals surface area contributed by atoms with Gasteiger partial charge in [-0.2, -0.15) is 0 Å². The van der Waals surface area contributed by atoms with E-state index in [1.54, 1.807) is 43.5 Å². The zero-order valence-corrected chi connectivity index (χ0v) is 18.9. The first kappa shape index (κ1) is 23.9. The van der Waals surface area contributed by atoms with Gasteiger partial charge < -0.3 is 21.5 Å². The van der Waals surface area contributed by atoms with Gasteiger partial charge in [-0.3, -0.25) is 9.59 Å². The SMILES string of the molecule is Cc1cc(F)cc([C@@H](O)C(=O)Nc2ccc(-c3cnc(N)c(C(=O)NC(C)C)c3)c(C)c2)c1. The molecule has 1 aromatic heterocycles. The average molecular weight is 451 g/mol. The quantitative estimate of drug-likeness (QED) is 0.454. The van der Waals surface area contributed by atoms with Crippen molar-refractivity contribution in [1.82, 2.24) is 10.3 Å². The largest absolute Gasteiger partial charge is 0.383 e. The van der Waals surface area contributed by atoms with Crippen LogP contribution in [0.4, 0.5) is 15.9 Å². The molecule has 2 amide bonds. The minimum atomic E-state index is -1.51. The highest BCUT2D eigenvalue weighted by Gasteiger charge is 2.19. The van der Waals surface area contributed by atoms with Crippen molar-refractivity contribution in [2.75, 3.05) is 11.1 Å². The number of rotatable bonds is 6. The summed E-state index contributed by atoms with van der Waals surface area (Å²) >= 11 is 0. The summed E-state index contributed by atoms with van der Waals surface area (Å²) in [5, 5.41) is 15.8. The van der Waals surface area contributed by atoms with Gasteiger partial charge in [0.05, 0.1) is 5.56 Å². The second-order valence-electron chi connectivity index (χ2n) is 8.27. The molecule has 0 spiro atoms. The van der Waals surface area contributed by atoms with Crippen LogP contribution < -0.4 is 16.4 Å². The third-order valence-corrected chi connectivity index (χ3v) is 5.02. The maximum absolute atomic E-state index is 13.6. The standard InChI is InChI=1S/C25H27FN4O3/c1-13(2)29-24(32)21-11-17(12-28-23(21)27)20-6-5-19(9-15(20)4)30-25(33)22(31)16-7-14(3)8-18(26)10-16/h5-13,22,31H,1-4H3,(H2,27,28)(H,29,32)(H,30,33)/t22-/m1/s1. The van der Waals surface area contributed by atoms with Crippen LogP contribution in [0, 0.1) is 19.7 Å². The molecule has 3 aromatic rings. The molecule has 0 aliphatic carbocycles. The molecule has 1 atom stereocenters. The molecule has 5 N–H and O–H groups in total. The van der Waals surface area contributed by atoms with Crippen LogP contribution in [-0.2, 0) is 4.79 Å². The summed E-state index contributed by atoms with van der Waals surface area (Å²) in [6, 6.07) is 10.8. The summed E-state index contributed by atoms with van der Waals surface area (Å²) < 4.78 is 13.6. The zero-order chi connectivity index (χ0) is 24.3. The van der Waals surface area contributed by atoms with Crippen molar-refractivity contribution in [1.29, 1.82) is 0 Å². The van der Waals surface area contributed by atoms with Crippen LogP contribution in [0.3, 0.4) is 0 Å². The number of hydrogen-bond donors (Lipinski definition) is 4. The number of nitrogen functional groups attached to an aromatic ring is 1. The van der Waals surface area contributed by atoms with Crippen molar-refractivity contribution in [3.63, 3.8) is 0 Å². The number of anilines is 2. The van der Waals surface area contributed by atoms with E-state index in [0.717, 1.165) is 17.2 Å². The van der Waals surface area contributed by atoms with Crippen LogP contribution in [0.1, 0.15) is 47.0 Å². The Morgan fingerprint density at radius 3 is 2.45 bits per heavy atom. The van der Waals surface area contributed by atoms with Gasteiger partial charge in [-0.05, 0) is 80.3 Å². The van der Waals surface area contributed by atoms with E-state index < -0.39 is 17.8 Å². The number of hydrogen-bond acceptors (Lipinski definition) is 5. The number of nitrogens with one attached hydrogen (secondary N) is 2. The average Bonchev–Trinajstić information content (AvgIpc) is 2.72. The molecule has 7 nitrogen and oxygen atoms in total. The van der Waals surface area contributed by atoms with Gasteiger partial charge >= 0.3 is 0 Å². The maximum Gasteiger partial charge on any atom is 0.257 e. The number of nitrogens with zero attached hydrogens (tertiary/aromatic N) is 1. The Hall–Kier alpha value is -3.78. The molecule has 0 saturated carbocycles. The summed E-state index contributed by atoms with van der Waals surface area (Å²) in [6.45, 7) is 7.24. The number of carbonyl (C=O) groups excluding carboxylic acids is 2. The van der Waals surface area contributed by atoms with Gasteiger partial charge in [0.2, 0.25) is 0 Å². The number of halogens is 1. The number of amides is 2. The van der Waals surface area contributed by atoms with Crippen molar-refractivity contribution < 1.29 is 19.1 Å². The van der Waals surface area contributed by atoms with Gasteiger partial charge in [-0.15, -0.1) is 0 Å². The van der Waals surface area contributed by atoms with Crippen LogP contribution in [0.25, 0.3) is 11.1 Å². The fraction of sp³-hybridized carbons (Fsp3) is 0.240. The van der Waals surface area contributed by atoms with Crippen molar-refractivity contribution in [3.8, 4) is 11.1 Å². The molecular formula is C25H27FN4O3. The lowest BCUT2D eigenvalue weighted by Crippen LogP contribution is -2.30. The Morgan fingerprint density at radius 1 is 1.09 bits per heavy atom. The zero-order valence-electron chi connectivity index (χ0n) is 18.9. The van der Waals surface area contributed by atoms with Crippen LogP contribution in [0.5, 0.6) is 0 Å². The fourth-order valence-electron chi connectivity index (χ4n) is 3.49. The Morgan fingerprint density at radius 2 is 1.82 bits per heavy atom. The summed E-state index contributed by atoms with van der Waals surface area (Å²) in [5.74, 6) is -1.36. The minimum Gasteiger partial charge on any atom is -0.383 e. The van der Waals surface area contributed by atoms with E-state index in [1.165, 1.54) is 6.07 Å². The maximum atomic E-state index is 13.6. The fourth-order valence-corrected chi connectivity index (χ4v) is 3.49. The molecule has 2 aromatic carbocycles. The monoisotopic (exact) mass is 450 g/mol. The predicted molar refractivity (Wildman–Crippen MR) is 126 cm³/mol. The topological polar surface area (TPSA) is 117 Å². The molecule has 0 saturated heterocycles. The van der Waals surface area contributed by atoms with Gasteiger partial charge in [-0.1, -0.05) is 12.1 Å². The predicted octanol–water partition coefficient (Wildman–Crippen LogP) is 3.90. The Bertz CT molecular complexity index is 1190. The first-order valence-corrected chi connectivity index (χ1v) is 10.5. The molecular weight excluding hydrogens is 423 g/mol. The van der Waals surface area contributed by atoms with E-state index >= 15 is 0 Å². The molecule has 0 bridgehead atoms. The van der Waals surface area contributed by atoms with Crippen molar-refractivity contribution in [2.24, 2.45) is 0 Å². The molecule has 33 heavy (non-hydrogen) atoms. The van der Waals surface area contributed by atoms with Crippen molar-refractivity contribution in [2.45, 2.75) is 39.8 Å². The van der Waals surface area contributed by atoms with Crippen LogP contribution in [0.2, 0.25) is 0 Å². The highest BCUT2D eigenvalue weighted by Crippen LogP contribution is 2.28. The lowest BCUT2D eigenvalue weighted by Gasteiger charge is -2.15.